The monoisotopic (exact) mass is 347 g/mol. The summed E-state index contributed by atoms with van der Waals surface area (Å²) in [6.07, 6.45) is 2.19. The molecule has 1 aromatic carbocycles. The zero-order chi connectivity index (χ0) is 17.1. The first-order chi connectivity index (χ1) is 11.4. The number of nitrogens with zero attached hydrogens (tertiary/aromatic N) is 3. The number of aliphatic carboxylic acids is 1. The number of aryl methyl sites for hydroxylation is 1. The predicted molar refractivity (Wildman–Crippen MR) is 86.4 cm³/mol. The lowest BCUT2D eigenvalue weighted by Crippen LogP contribution is -2.43. The third-order valence-electron chi connectivity index (χ3n) is 4.59. The Morgan fingerprint density at radius 1 is 1.29 bits per heavy atom. The number of anilines is 1. The lowest BCUT2D eigenvalue weighted by Gasteiger charge is -2.24. The Kier molecular flexibility index (Phi) is 3.21. The SMILES string of the molecule is Cn1nc(C2CC2)cc1S(=O)(=O)N1c2ccccc2CC1C(=O)O. The summed E-state index contributed by atoms with van der Waals surface area (Å²) in [5.74, 6) is -0.833. The molecule has 1 fully saturated rings. The first-order valence-electron chi connectivity index (χ1n) is 7.78. The van der Waals surface area contributed by atoms with E-state index in [9.17, 15) is 18.3 Å². The highest BCUT2D eigenvalue weighted by atomic mass is 32.2. The average Bonchev–Trinajstić information content (AvgIpc) is 3.17. The van der Waals surface area contributed by atoms with Crippen LogP contribution in [0.15, 0.2) is 35.4 Å². The van der Waals surface area contributed by atoms with Crippen molar-refractivity contribution in [2.24, 2.45) is 7.05 Å². The molecule has 0 amide bonds. The molecule has 7 nitrogen and oxygen atoms in total. The summed E-state index contributed by atoms with van der Waals surface area (Å²) in [6, 6.07) is 7.35. The molecule has 2 aromatic rings. The fourth-order valence-corrected chi connectivity index (χ4v) is 5.02. The number of aromatic nitrogens is 2. The molecule has 0 bridgehead atoms. The molecular weight excluding hydrogens is 330 g/mol. The quantitative estimate of drug-likeness (QED) is 0.905. The number of carboxylic acids is 1. The van der Waals surface area contributed by atoms with Gasteiger partial charge in [-0.25, -0.2) is 4.79 Å². The molecule has 8 heteroatoms. The third kappa shape index (κ3) is 2.21. The Labute approximate surface area is 139 Å². The smallest absolute Gasteiger partial charge is 0.327 e. The maximum atomic E-state index is 13.2. The maximum absolute atomic E-state index is 13.2. The van der Waals surface area contributed by atoms with Crippen molar-refractivity contribution in [1.82, 2.24) is 9.78 Å². The van der Waals surface area contributed by atoms with Crippen molar-refractivity contribution in [2.75, 3.05) is 4.31 Å². The predicted octanol–water partition coefficient (Wildman–Crippen LogP) is 1.50. The van der Waals surface area contributed by atoms with E-state index in [0.29, 0.717) is 11.6 Å². The fourth-order valence-electron chi connectivity index (χ4n) is 3.23. The molecule has 126 valence electrons. The van der Waals surface area contributed by atoms with E-state index in [0.717, 1.165) is 28.4 Å². The van der Waals surface area contributed by atoms with Crippen molar-refractivity contribution in [3.8, 4) is 0 Å². The van der Waals surface area contributed by atoms with E-state index in [-0.39, 0.29) is 11.4 Å². The first-order valence-corrected chi connectivity index (χ1v) is 9.22. The minimum atomic E-state index is -4.01. The Morgan fingerprint density at radius 2 is 2.00 bits per heavy atom. The number of hydrogen-bond acceptors (Lipinski definition) is 4. The number of benzene rings is 1. The zero-order valence-corrected chi connectivity index (χ0v) is 13.9. The van der Waals surface area contributed by atoms with Crippen LogP contribution in [-0.2, 0) is 28.3 Å². The Morgan fingerprint density at radius 3 is 2.67 bits per heavy atom. The Hall–Kier alpha value is -2.35. The molecule has 1 aliphatic carbocycles. The average molecular weight is 347 g/mol. The largest absolute Gasteiger partial charge is 0.480 e. The van der Waals surface area contributed by atoms with Gasteiger partial charge >= 0.3 is 5.97 Å². The first kappa shape index (κ1) is 15.2. The van der Waals surface area contributed by atoms with Crippen LogP contribution >= 0.6 is 0 Å². The van der Waals surface area contributed by atoms with Gasteiger partial charge in [-0.2, -0.15) is 13.5 Å². The molecule has 0 radical (unpaired) electrons. The van der Waals surface area contributed by atoms with E-state index in [2.05, 4.69) is 5.10 Å². The second-order valence-electron chi connectivity index (χ2n) is 6.29. The van der Waals surface area contributed by atoms with Crippen molar-refractivity contribution in [2.45, 2.75) is 36.2 Å². The topological polar surface area (TPSA) is 92.5 Å². The zero-order valence-electron chi connectivity index (χ0n) is 13.1. The van der Waals surface area contributed by atoms with E-state index < -0.39 is 22.0 Å². The van der Waals surface area contributed by atoms with Crippen LogP contribution in [0.4, 0.5) is 5.69 Å². The van der Waals surface area contributed by atoms with E-state index in [1.807, 2.05) is 0 Å². The minimum absolute atomic E-state index is 0.0346. The molecule has 0 spiro atoms. The summed E-state index contributed by atoms with van der Waals surface area (Å²) in [5.41, 5.74) is 1.91. The molecule has 2 aliphatic rings. The second kappa shape index (κ2) is 5.07. The molecule has 24 heavy (non-hydrogen) atoms. The molecule has 1 saturated carbocycles. The second-order valence-corrected chi connectivity index (χ2v) is 8.05. The third-order valence-corrected chi connectivity index (χ3v) is 6.46. The Balaban J connectivity index is 1.84. The standard InChI is InChI=1S/C16H17N3O4S/c1-18-15(9-12(17-18)10-6-7-10)24(22,23)19-13-5-3-2-4-11(13)8-14(19)16(20)21/h2-5,9-10,14H,6-8H2,1H3,(H,20,21). The maximum Gasteiger partial charge on any atom is 0.327 e. The van der Waals surface area contributed by atoms with Crippen LogP contribution < -0.4 is 4.31 Å². The van der Waals surface area contributed by atoms with Gasteiger partial charge in [-0.05, 0) is 24.5 Å². The molecule has 2 heterocycles. The van der Waals surface area contributed by atoms with Crippen LogP contribution in [0.2, 0.25) is 0 Å². The van der Waals surface area contributed by atoms with E-state index in [1.54, 1.807) is 37.4 Å². The van der Waals surface area contributed by atoms with Gasteiger partial charge in [0.25, 0.3) is 10.0 Å². The van der Waals surface area contributed by atoms with Crippen LogP contribution in [0, 0.1) is 0 Å². The molecule has 1 atom stereocenters. The Bertz CT molecular complexity index is 931. The van der Waals surface area contributed by atoms with Gasteiger partial charge < -0.3 is 5.11 Å². The highest BCUT2D eigenvalue weighted by Gasteiger charge is 2.44. The lowest BCUT2D eigenvalue weighted by molar-refractivity contribution is -0.138. The number of hydrogen-bond donors (Lipinski definition) is 1. The van der Waals surface area contributed by atoms with Crippen molar-refractivity contribution >= 4 is 21.7 Å². The minimum Gasteiger partial charge on any atom is -0.480 e. The molecule has 4 rings (SSSR count). The number of para-hydroxylation sites is 1. The van der Waals surface area contributed by atoms with Crippen molar-refractivity contribution < 1.29 is 18.3 Å². The van der Waals surface area contributed by atoms with Crippen molar-refractivity contribution in [1.29, 1.82) is 0 Å². The van der Waals surface area contributed by atoms with Gasteiger partial charge in [0.2, 0.25) is 0 Å². The van der Waals surface area contributed by atoms with Crippen molar-refractivity contribution in [3.05, 3.63) is 41.6 Å². The number of rotatable bonds is 4. The van der Waals surface area contributed by atoms with Crippen LogP contribution in [0.5, 0.6) is 0 Å². The summed E-state index contributed by atoms with van der Waals surface area (Å²) in [7, 11) is -2.43. The van der Waals surface area contributed by atoms with Crippen LogP contribution in [0.3, 0.4) is 0 Å². The summed E-state index contributed by atoms with van der Waals surface area (Å²) in [6.45, 7) is 0. The molecule has 1 unspecified atom stereocenters. The van der Waals surface area contributed by atoms with Crippen LogP contribution in [-0.4, -0.2) is 35.3 Å². The van der Waals surface area contributed by atoms with Gasteiger partial charge in [0.05, 0.1) is 11.4 Å². The number of sulfonamides is 1. The summed E-state index contributed by atoms with van der Waals surface area (Å²) in [4.78, 5) is 11.6. The molecular formula is C16H17N3O4S. The van der Waals surface area contributed by atoms with Gasteiger partial charge in [0.15, 0.2) is 5.03 Å². The van der Waals surface area contributed by atoms with Gasteiger partial charge in [0.1, 0.15) is 6.04 Å². The summed E-state index contributed by atoms with van der Waals surface area (Å²) < 4.78 is 28.7. The van der Waals surface area contributed by atoms with Gasteiger partial charge in [0, 0.05) is 25.5 Å². The highest BCUT2D eigenvalue weighted by Crippen LogP contribution is 2.41. The lowest BCUT2D eigenvalue weighted by atomic mass is 10.1. The van der Waals surface area contributed by atoms with Gasteiger partial charge in [-0.1, -0.05) is 18.2 Å². The molecule has 1 N–H and O–H groups in total. The number of fused-ring (bicyclic) bond motifs is 1. The van der Waals surface area contributed by atoms with Gasteiger partial charge in [-0.3, -0.25) is 8.99 Å². The molecule has 1 aromatic heterocycles. The number of carboxylic acid groups (broad SMARTS) is 1. The summed E-state index contributed by atoms with van der Waals surface area (Å²) in [5, 5.41) is 13.8. The van der Waals surface area contributed by atoms with E-state index in [1.165, 1.54) is 4.68 Å². The number of carbonyl (C=O) groups is 1. The fraction of sp³-hybridized carbons (Fsp3) is 0.375. The highest BCUT2D eigenvalue weighted by molar-refractivity contribution is 7.92. The molecule has 1 aliphatic heterocycles. The van der Waals surface area contributed by atoms with Crippen LogP contribution in [0.25, 0.3) is 0 Å². The van der Waals surface area contributed by atoms with E-state index >= 15 is 0 Å². The summed E-state index contributed by atoms with van der Waals surface area (Å²) >= 11 is 0. The van der Waals surface area contributed by atoms with Gasteiger partial charge in [-0.15, -0.1) is 0 Å². The molecule has 0 saturated heterocycles. The van der Waals surface area contributed by atoms with Crippen LogP contribution in [0.1, 0.15) is 30.0 Å². The van der Waals surface area contributed by atoms with E-state index in [4.69, 9.17) is 0 Å². The normalized spacial score (nSPS) is 20.2. The van der Waals surface area contributed by atoms with Crippen molar-refractivity contribution in [3.63, 3.8) is 0 Å².